The maximum atomic E-state index is 13.8. The molecule has 6 nitrogen and oxygen atoms in total. The van der Waals surface area contributed by atoms with Gasteiger partial charge in [0.05, 0.1) is 11.2 Å². The van der Waals surface area contributed by atoms with Crippen LogP contribution in [0.25, 0.3) is 5.52 Å². The van der Waals surface area contributed by atoms with Gasteiger partial charge in [0, 0.05) is 12.7 Å². The van der Waals surface area contributed by atoms with Gasteiger partial charge in [0.15, 0.2) is 23.1 Å². The van der Waals surface area contributed by atoms with Gasteiger partial charge in [-0.15, -0.1) is 0 Å². The van der Waals surface area contributed by atoms with Gasteiger partial charge in [-0.25, -0.2) is 18.2 Å². The maximum Gasteiger partial charge on any atom is 0.292 e. The van der Waals surface area contributed by atoms with Crippen molar-refractivity contribution in [2.75, 3.05) is 11.9 Å². The van der Waals surface area contributed by atoms with Crippen LogP contribution in [0.15, 0.2) is 36.5 Å². The van der Waals surface area contributed by atoms with Gasteiger partial charge < -0.3 is 10.6 Å². The maximum absolute atomic E-state index is 13.8. The van der Waals surface area contributed by atoms with Gasteiger partial charge >= 0.3 is 0 Å². The lowest BCUT2D eigenvalue weighted by molar-refractivity contribution is 0.0946. The Morgan fingerprint density at radius 3 is 2.54 bits per heavy atom. The first-order chi connectivity index (χ1) is 13.3. The van der Waals surface area contributed by atoms with Crippen LogP contribution in [-0.2, 0) is 0 Å². The van der Waals surface area contributed by atoms with E-state index in [-0.39, 0.29) is 17.4 Å². The quantitative estimate of drug-likeness (QED) is 0.656. The fourth-order valence-electron chi connectivity index (χ4n) is 2.55. The second-order valence-electron chi connectivity index (χ2n) is 6.52. The Bertz CT molecular complexity index is 1060. The van der Waals surface area contributed by atoms with Gasteiger partial charge in [-0.1, -0.05) is 19.9 Å². The minimum Gasteiger partial charge on any atom is -0.350 e. The smallest absolute Gasteiger partial charge is 0.292 e. The van der Waals surface area contributed by atoms with Crippen LogP contribution in [0.1, 0.15) is 35.0 Å². The van der Waals surface area contributed by atoms with E-state index < -0.39 is 35.0 Å². The second-order valence-corrected chi connectivity index (χ2v) is 6.52. The van der Waals surface area contributed by atoms with Crippen LogP contribution in [0.3, 0.4) is 0 Å². The molecule has 2 heterocycles. The molecule has 9 heteroatoms. The number of nitrogens with one attached hydrogen (secondary N) is 2. The van der Waals surface area contributed by atoms with E-state index in [1.54, 1.807) is 18.2 Å². The normalized spacial score (nSPS) is 11.1. The summed E-state index contributed by atoms with van der Waals surface area (Å²) in [6.45, 7) is 4.29. The Kier molecular flexibility index (Phi) is 5.34. The number of fused-ring (bicyclic) bond motifs is 1. The minimum atomic E-state index is -1.69. The fourth-order valence-corrected chi connectivity index (χ4v) is 2.55. The number of halogens is 3. The van der Waals surface area contributed by atoms with Gasteiger partial charge in [0.2, 0.25) is 5.82 Å². The summed E-state index contributed by atoms with van der Waals surface area (Å²) in [6.07, 6.45) is 1.51. The Hall–Kier alpha value is -3.36. The van der Waals surface area contributed by atoms with Crippen LogP contribution in [0.5, 0.6) is 0 Å². The summed E-state index contributed by atoms with van der Waals surface area (Å²) in [5, 5.41) is 4.87. The lowest BCUT2D eigenvalue weighted by Gasteiger charge is -2.06. The van der Waals surface area contributed by atoms with E-state index in [1.807, 2.05) is 13.8 Å². The van der Waals surface area contributed by atoms with E-state index in [4.69, 9.17) is 0 Å². The number of imidazole rings is 1. The van der Waals surface area contributed by atoms with Gasteiger partial charge in [-0.3, -0.25) is 14.0 Å². The summed E-state index contributed by atoms with van der Waals surface area (Å²) in [4.78, 5) is 29.1. The molecule has 2 N–H and O–H groups in total. The largest absolute Gasteiger partial charge is 0.350 e. The Labute approximate surface area is 158 Å². The zero-order valence-corrected chi connectivity index (χ0v) is 15.1. The zero-order chi connectivity index (χ0) is 20.4. The van der Waals surface area contributed by atoms with Crippen molar-refractivity contribution in [3.8, 4) is 0 Å². The molecule has 3 aromatic rings. The molecule has 0 atom stereocenters. The molecule has 0 saturated heterocycles. The summed E-state index contributed by atoms with van der Waals surface area (Å²) < 4.78 is 41.6. The van der Waals surface area contributed by atoms with Crippen LogP contribution < -0.4 is 10.6 Å². The Balaban J connectivity index is 1.96. The van der Waals surface area contributed by atoms with Crippen molar-refractivity contribution in [1.29, 1.82) is 0 Å². The summed E-state index contributed by atoms with van der Waals surface area (Å²) >= 11 is 0. The SMILES string of the molecule is CC(C)CNC(=O)c1nc(C(=O)Nc2ccc(F)c(F)c2F)n2ccccc12. The lowest BCUT2D eigenvalue weighted by atomic mass is 10.2. The van der Waals surface area contributed by atoms with Crippen LogP contribution in [-0.4, -0.2) is 27.7 Å². The predicted molar refractivity (Wildman–Crippen MR) is 96.6 cm³/mol. The van der Waals surface area contributed by atoms with Crippen LogP contribution in [0.4, 0.5) is 18.9 Å². The third kappa shape index (κ3) is 3.68. The first-order valence-corrected chi connectivity index (χ1v) is 8.49. The lowest BCUT2D eigenvalue weighted by Crippen LogP contribution is -2.27. The van der Waals surface area contributed by atoms with Crippen molar-refractivity contribution in [3.05, 3.63) is 65.5 Å². The molecule has 2 aromatic heterocycles. The molecule has 0 saturated carbocycles. The third-order valence-corrected chi connectivity index (χ3v) is 3.92. The van der Waals surface area contributed by atoms with Crippen molar-refractivity contribution in [1.82, 2.24) is 14.7 Å². The molecular weight excluding hydrogens is 373 g/mol. The first-order valence-electron chi connectivity index (χ1n) is 8.49. The number of benzene rings is 1. The number of carbonyl (C=O) groups is 2. The molecule has 0 spiro atoms. The molecule has 146 valence electrons. The highest BCUT2D eigenvalue weighted by Crippen LogP contribution is 2.21. The van der Waals surface area contributed by atoms with E-state index in [9.17, 15) is 22.8 Å². The number of rotatable bonds is 5. The molecule has 3 rings (SSSR count). The number of nitrogens with zero attached hydrogens (tertiary/aromatic N) is 2. The fraction of sp³-hybridized carbons (Fsp3) is 0.211. The van der Waals surface area contributed by atoms with E-state index >= 15 is 0 Å². The molecular formula is C19H17F3N4O2. The number of amides is 2. The Morgan fingerprint density at radius 1 is 1.07 bits per heavy atom. The van der Waals surface area contributed by atoms with Crippen molar-refractivity contribution in [2.24, 2.45) is 5.92 Å². The third-order valence-electron chi connectivity index (χ3n) is 3.92. The zero-order valence-electron chi connectivity index (χ0n) is 15.1. The van der Waals surface area contributed by atoms with Gasteiger partial charge in [0.25, 0.3) is 11.8 Å². The predicted octanol–water partition coefficient (Wildman–Crippen LogP) is 3.39. The van der Waals surface area contributed by atoms with Crippen LogP contribution >= 0.6 is 0 Å². The number of hydrogen-bond donors (Lipinski definition) is 2. The topological polar surface area (TPSA) is 75.5 Å². The second kappa shape index (κ2) is 7.71. The summed E-state index contributed by atoms with van der Waals surface area (Å²) in [5.74, 6) is -5.91. The molecule has 1 aromatic carbocycles. The molecule has 0 aliphatic carbocycles. The molecule has 0 aliphatic rings. The summed E-state index contributed by atoms with van der Waals surface area (Å²) in [5.41, 5.74) is -0.140. The van der Waals surface area contributed by atoms with Gasteiger partial charge in [-0.05, 0) is 30.2 Å². The molecule has 28 heavy (non-hydrogen) atoms. The number of pyridine rings is 1. The number of carbonyl (C=O) groups excluding carboxylic acids is 2. The summed E-state index contributed by atoms with van der Waals surface area (Å²) in [7, 11) is 0. The van der Waals surface area contributed by atoms with Crippen molar-refractivity contribution in [2.45, 2.75) is 13.8 Å². The number of aromatic nitrogens is 2. The molecule has 0 aliphatic heterocycles. The Morgan fingerprint density at radius 2 is 1.82 bits per heavy atom. The van der Waals surface area contributed by atoms with Crippen LogP contribution in [0, 0.1) is 23.4 Å². The summed E-state index contributed by atoms with van der Waals surface area (Å²) in [6, 6.07) is 6.50. The highest BCUT2D eigenvalue weighted by molar-refractivity contribution is 6.06. The first kappa shape index (κ1) is 19.4. The molecule has 2 amide bonds. The van der Waals surface area contributed by atoms with Gasteiger partial charge in [0.1, 0.15) is 0 Å². The van der Waals surface area contributed by atoms with E-state index in [0.717, 1.165) is 6.07 Å². The minimum absolute atomic E-state index is 0.0251. The molecule has 0 radical (unpaired) electrons. The van der Waals surface area contributed by atoms with Crippen LogP contribution in [0.2, 0.25) is 0 Å². The molecule has 0 unspecified atom stereocenters. The molecule has 0 bridgehead atoms. The average Bonchev–Trinajstić information content (AvgIpc) is 3.06. The highest BCUT2D eigenvalue weighted by Gasteiger charge is 2.23. The number of hydrogen-bond acceptors (Lipinski definition) is 3. The highest BCUT2D eigenvalue weighted by atomic mass is 19.2. The number of anilines is 1. The van der Waals surface area contributed by atoms with E-state index in [0.29, 0.717) is 18.1 Å². The van der Waals surface area contributed by atoms with Crippen molar-refractivity contribution < 1.29 is 22.8 Å². The molecule has 0 fully saturated rings. The van der Waals surface area contributed by atoms with E-state index in [1.165, 1.54) is 10.6 Å². The van der Waals surface area contributed by atoms with Crippen molar-refractivity contribution >= 4 is 23.0 Å². The van der Waals surface area contributed by atoms with Crippen molar-refractivity contribution in [3.63, 3.8) is 0 Å². The standard InChI is InChI=1S/C19H17F3N4O2/c1-10(2)9-23-18(27)16-13-5-3-4-8-26(13)17(25-16)19(28)24-12-7-6-11(20)14(21)15(12)22/h3-8,10H,9H2,1-2H3,(H,23,27)(H,24,28). The van der Waals surface area contributed by atoms with Gasteiger partial charge in [-0.2, -0.15) is 0 Å². The monoisotopic (exact) mass is 390 g/mol. The average molecular weight is 390 g/mol. The van der Waals surface area contributed by atoms with E-state index in [2.05, 4.69) is 15.6 Å².